The summed E-state index contributed by atoms with van der Waals surface area (Å²) >= 11 is 0. The van der Waals surface area contributed by atoms with Crippen molar-refractivity contribution in [3.05, 3.63) is 5.69 Å². The van der Waals surface area contributed by atoms with E-state index < -0.39 is 11.7 Å². The number of anilines is 2. The van der Waals surface area contributed by atoms with E-state index in [1.165, 1.54) is 4.68 Å². The molecule has 0 bridgehead atoms. The predicted molar refractivity (Wildman–Crippen MR) is 63.3 cm³/mol. The fraction of sp³-hybridized carbons (Fsp3) is 0.727. The Bertz CT molecular complexity index is 446. The Balaban J connectivity index is 2.25. The number of halogens is 3. The van der Waals surface area contributed by atoms with E-state index in [2.05, 4.69) is 10.4 Å². The van der Waals surface area contributed by atoms with Gasteiger partial charge in [0.15, 0.2) is 0 Å². The monoisotopic (exact) mass is 262 g/mol. The lowest BCUT2D eigenvalue weighted by Crippen LogP contribution is -2.39. The predicted octanol–water partition coefficient (Wildman–Crippen LogP) is 2.46. The molecule has 1 aromatic rings. The van der Waals surface area contributed by atoms with Crippen molar-refractivity contribution in [2.75, 3.05) is 11.1 Å². The van der Waals surface area contributed by atoms with Gasteiger partial charge in [-0.3, -0.25) is 4.68 Å². The van der Waals surface area contributed by atoms with Crippen molar-refractivity contribution in [3.8, 4) is 0 Å². The molecule has 18 heavy (non-hydrogen) atoms. The number of rotatable bonds is 4. The van der Waals surface area contributed by atoms with Gasteiger partial charge in [-0.25, -0.2) is 0 Å². The topological polar surface area (TPSA) is 55.9 Å². The number of nitrogens with zero attached hydrogens (tertiary/aromatic N) is 2. The van der Waals surface area contributed by atoms with Crippen molar-refractivity contribution in [2.24, 2.45) is 7.05 Å². The summed E-state index contributed by atoms with van der Waals surface area (Å²) in [5.74, 6) is 0.272. The second kappa shape index (κ2) is 4.07. The van der Waals surface area contributed by atoms with Gasteiger partial charge in [0.05, 0.1) is 11.4 Å². The van der Waals surface area contributed by atoms with Crippen LogP contribution in [0.3, 0.4) is 0 Å². The van der Waals surface area contributed by atoms with Crippen LogP contribution in [0.5, 0.6) is 0 Å². The summed E-state index contributed by atoms with van der Waals surface area (Å²) in [5, 5.41) is 6.69. The summed E-state index contributed by atoms with van der Waals surface area (Å²) in [4.78, 5) is 0. The van der Waals surface area contributed by atoms with Crippen LogP contribution >= 0.6 is 0 Å². The van der Waals surface area contributed by atoms with Crippen LogP contribution in [0.15, 0.2) is 0 Å². The summed E-state index contributed by atoms with van der Waals surface area (Å²) < 4.78 is 40.0. The molecule has 2 rings (SSSR count). The fourth-order valence-electron chi connectivity index (χ4n) is 2.00. The van der Waals surface area contributed by atoms with E-state index in [1.54, 1.807) is 7.05 Å². The summed E-state index contributed by atoms with van der Waals surface area (Å²) in [6, 6.07) is 0. The van der Waals surface area contributed by atoms with Crippen molar-refractivity contribution in [1.29, 1.82) is 0 Å². The Morgan fingerprint density at radius 2 is 2.06 bits per heavy atom. The second-order valence-corrected chi connectivity index (χ2v) is 4.79. The minimum Gasteiger partial charge on any atom is -0.394 e. The average Bonchev–Trinajstić information content (AvgIpc) is 2.99. The zero-order chi connectivity index (χ0) is 13.6. The Kier molecular flexibility index (Phi) is 2.95. The van der Waals surface area contributed by atoms with E-state index in [9.17, 15) is 13.2 Å². The third-order valence-corrected chi connectivity index (χ3v) is 3.30. The van der Waals surface area contributed by atoms with Crippen LogP contribution in [0.25, 0.3) is 0 Å². The van der Waals surface area contributed by atoms with Crippen LogP contribution in [0.1, 0.15) is 31.9 Å². The maximum Gasteiger partial charge on any atom is 0.411 e. The van der Waals surface area contributed by atoms with Crippen molar-refractivity contribution in [1.82, 2.24) is 9.78 Å². The molecule has 102 valence electrons. The summed E-state index contributed by atoms with van der Waals surface area (Å²) in [5.41, 5.74) is 5.03. The molecule has 0 spiro atoms. The first-order chi connectivity index (χ1) is 8.31. The Morgan fingerprint density at radius 1 is 1.44 bits per heavy atom. The molecule has 0 aromatic carbocycles. The first-order valence-electron chi connectivity index (χ1n) is 5.97. The van der Waals surface area contributed by atoms with Crippen LogP contribution in [0, 0.1) is 0 Å². The van der Waals surface area contributed by atoms with Gasteiger partial charge in [0, 0.05) is 7.05 Å². The van der Waals surface area contributed by atoms with Crippen molar-refractivity contribution in [2.45, 2.75) is 44.3 Å². The van der Waals surface area contributed by atoms with Crippen molar-refractivity contribution >= 4 is 11.5 Å². The normalized spacial score (nSPS) is 17.8. The molecule has 0 amide bonds. The number of aryl methyl sites for hydroxylation is 2. The molecule has 0 unspecified atom stereocenters. The lowest BCUT2D eigenvalue weighted by molar-refractivity contribution is -0.151. The third kappa shape index (κ3) is 2.02. The largest absolute Gasteiger partial charge is 0.411 e. The highest BCUT2D eigenvalue weighted by atomic mass is 19.4. The molecule has 3 N–H and O–H groups in total. The van der Waals surface area contributed by atoms with Crippen molar-refractivity contribution in [3.63, 3.8) is 0 Å². The Morgan fingerprint density at radius 3 is 2.50 bits per heavy atom. The summed E-state index contributed by atoms with van der Waals surface area (Å²) in [6.45, 7) is 1.97. The van der Waals surface area contributed by atoms with Crippen LogP contribution in [-0.2, 0) is 13.5 Å². The van der Waals surface area contributed by atoms with Gasteiger partial charge in [0.2, 0.25) is 0 Å². The van der Waals surface area contributed by atoms with E-state index >= 15 is 0 Å². The molecule has 7 heteroatoms. The van der Waals surface area contributed by atoms with Gasteiger partial charge < -0.3 is 11.1 Å². The quantitative estimate of drug-likeness (QED) is 0.876. The van der Waals surface area contributed by atoms with Gasteiger partial charge in [-0.05, 0) is 19.3 Å². The molecule has 0 saturated heterocycles. The zero-order valence-corrected chi connectivity index (χ0v) is 10.4. The Hall–Kier alpha value is -1.40. The van der Waals surface area contributed by atoms with Gasteiger partial charge in [0.25, 0.3) is 0 Å². The molecule has 1 aliphatic rings. The number of alkyl halides is 3. The molecule has 1 aliphatic carbocycles. The molecule has 1 fully saturated rings. The minimum absolute atomic E-state index is 0.0875. The first-order valence-corrected chi connectivity index (χ1v) is 5.97. The standard InChI is InChI=1S/C11H17F3N4/c1-3-4-7-8(15)9(18(2)17-7)16-10(5-6-10)11(12,13)14/h16H,3-6,15H2,1-2H3. The van der Waals surface area contributed by atoms with Crippen LogP contribution < -0.4 is 11.1 Å². The molecule has 1 aromatic heterocycles. The highest BCUT2D eigenvalue weighted by Crippen LogP contribution is 2.51. The second-order valence-electron chi connectivity index (χ2n) is 4.79. The van der Waals surface area contributed by atoms with Gasteiger partial charge in [0.1, 0.15) is 11.4 Å². The van der Waals surface area contributed by atoms with Crippen LogP contribution in [0.4, 0.5) is 24.7 Å². The highest BCUT2D eigenvalue weighted by Gasteiger charge is 2.64. The number of nitrogens with one attached hydrogen (secondary N) is 1. The van der Waals surface area contributed by atoms with E-state index in [0.717, 1.165) is 6.42 Å². The van der Waals surface area contributed by atoms with Crippen molar-refractivity contribution < 1.29 is 13.2 Å². The van der Waals surface area contributed by atoms with E-state index in [-0.39, 0.29) is 18.7 Å². The molecular weight excluding hydrogens is 245 g/mol. The lowest BCUT2D eigenvalue weighted by Gasteiger charge is -2.22. The number of hydrogen-bond donors (Lipinski definition) is 2. The molecule has 4 nitrogen and oxygen atoms in total. The molecule has 1 heterocycles. The molecule has 0 aliphatic heterocycles. The van der Waals surface area contributed by atoms with Gasteiger partial charge in [-0.15, -0.1) is 0 Å². The SMILES string of the molecule is CCCc1nn(C)c(NC2(C(F)(F)F)CC2)c1N. The Labute approximate surface area is 103 Å². The first kappa shape index (κ1) is 13.0. The molecule has 0 atom stereocenters. The number of nitrogen functional groups attached to an aromatic ring is 1. The number of aromatic nitrogens is 2. The number of hydrogen-bond acceptors (Lipinski definition) is 3. The molecule has 0 radical (unpaired) electrons. The van der Waals surface area contributed by atoms with Crippen LogP contribution in [-0.4, -0.2) is 21.5 Å². The molecular formula is C11H17F3N4. The maximum atomic E-state index is 12.9. The van der Waals surface area contributed by atoms with E-state index in [0.29, 0.717) is 17.8 Å². The maximum absolute atomic E-state index is 12.9. The van der Waals surface area contributed by atoms with E-state index in [1.807, 2.05) is 6.92 Å². The highest BCUT2D eigenvalue weighted by molar-refractivity contribution is 5.66. The van der Waals surface area contributed by atoms with Gasteiger partial charge >= 0.3 is 6.18 Å². The lowest BCUT2D eigenvalue weighted by atomic mass is 10.2. The van der Waals surface area contributed by atoms with Gasteiger partial charge in [-0.1, -0.05) is 13.3 Å². The summed E-state index contributed by atoms with van der Waals surface area (Å²) in [7, 11) is 1.60. The van der Waals surface area contributed by atoms with Gasteiger partial charge in [-0.2, -0.15) is 18.3 Å². The fourth-order valence-corrected chi connectivity index (χ4v) is 2.00. The van der Waals surface area contributed by atoms with E-state index in [4.69, 9.17) is 5.73 Å². The average molecular weight is 262 g/mol. The minimum atomic E-state index is -4.26. The number of nitrogens with two attached hydrogens (primary N) is 1. The summed E-state index contributed by atoms with van der Waals surface area (Å²) in [6.07, 6.45) is -2.56. The third-order valence-electron chi connectivity index (χ3n) is 3.30. The smallest absolute Gasteiger partial charge is 0.394 e. The van der Waals surface area contributed by atoms with Crippen LogP contribution in [0.2, 0.25) is 0 Å². The molecule has 1 saturated carbocycles. The zero-order valence-electron chi connectivity index (χ0n) is 10.4.